The first-order valence-electron chi connectivity index (χ1n) is 14.5. The number of benzene rings is 4. The maximum Gasteiger partial charge on any atom is 0.189 e. The molecule has 7 rings (SSSR count). The second-order valence-electron chi connectivity index (χ2n) is 11.8. The topological polar surface area (TPSA) is 55.7 Å². The van der Waals surface area contributed by atoms with Crippen LogP contribution in [0, 0.1) is 5.92 Å². The van der Waals surface area contributed by atoms with E-state index in [0.717, 1.165) is 34.2 Å². The fourth-order valence-corrected chi connectivity index (χ4v) is 6.15. The highest BCUT2D eigenvalue weighted by Gasteiger charge is 2.36. The van der Waals surface area contributed by atoms with Gasteiger partial charge in [-0.05, 0) is 46.7 Å². The van der Waals surface area contributed by atoms with E-state index >= 15 is 0 Å². The van der Waals surface area contributed by atoms with Gasteiger partial charge in [-0.1, -0.05) is 124 Å². The first-order valence-corrected chi connectivity index (χ1v) is 14.5. The molecule has 0 bridgehead atoms. The summed E-state index contributed by atoms with van der Waals surface area (Å²) in [6.45, 7) is 6.62. The van der Waals surface area contributed by atoms with Gasteiger partial charge in [0.05, 0.1) is 0 Å². The Labute approximate surface area is 246 Å². The van der Waals surface area contributed by atoms with E-state index in [0.29, 0.717) is 23.4 Å². The quantitative estimate of drug-likeness (QED) is 0.207. The molecule has 1 atom stereocenters. The summed E-state index contributed by atoms with van der Waals surface area (Å²) >= 11 is 0. The van der Waals surface area contributed by atoms with Gasteiger partial charge in [-0.3, -0.25) is 4.79 Å². The van der Waals surface area contributed by atoms with Crippen molar-refractivity contribution >= 4 is 5.78 Å². The van der Waals surface area contributed by atoms with Crippen molar-refractivity contribution in [1.82, 2.24) is 15.0 Å². The lowest BCUT2D eigenvalue weighted by Crippen LogP contribution is -2.16. The molecule has 5 aromatic rings. The average molecular weight is 546 g/mol. The number of aromatic nitrogens is 3. The number of hydrogen-bond donors (Lipinski definition) is 0. The molecule has 0 fully saturated rings. The van der Waals surface area contributed by atoms with Gasteiger partial charge < -0.3 is 0 Å². The minimum atomic E-state index is -0.289. The molecule has 1 heterocycles. The standard InChI is InChI=1S/C38H31N3O/c1-24-11-10-16-27(21-24)34(42)28-17-19-30-31-20-18-29(23-33(31)38(2,3)32(30)22-28)37-40-35(25-12-6-4-7-13-25)39-36(41-37)26-14-8-5-9-15-26/h4-20,22-24H,21H2,1-3H3. The second-order valence-corrected chi connectivity index (χ2v) is 11.8. The van der Waals surface area contributed by atoms with Crippen LogP contribution < -0.4 is 0 Å². The van der Waals surface area contributed by atoms with Crippen LogP contribution in [0.1, 0.15) is 48.7 Å². The highest BCUT2D eigenvalue weighted by molar-refractivity contribution is 6.09. The van der Waals surface area contributed by atoms with E-state index in [4.69, 9.17) is 15.0 Å². The molecule has 4 nitrogen and oxygen atoms in total. The molecule has 42 heavy (non-hydrogen) atoms. The minimum Gasteiger partial charge on any atom is -0.289 e. The van der Waals surface area contributed by atoms with Crippen LogP contribution in [-0.4, -0.2) is 20.7 Å². The molecule has 0 aliphatic heterocycles. The number of hydrogen-bond acceptors (Lipinski definition) is 4. The largest absolute Gasteiger partial charge is 0.289 e. The van der Waals surface area contributed by atoms with Crippen molar-refractivity contribution in [1.29, 1.82) is 0 Å². The Morgan fingerprint density at radius 2 is 1.24 bits per heavy atom. The Morgan fingerprint density at radius 1 is 0.690 bits per heavy atom. The molecule has 0 radical (unpaired) electrons. The third kappa shape index (κ3) is 4.50. The van der Waals surface area contributed by atoms with E-state index in [2.05, 4.69) is 57.2 Å². The lowest BCUT2D eigenvalue weighted by Gasteiger charge is -2.22. The molecule has 4 aromatic carbocycles. The number of fused-ring (bicyclic) bond motifs is 3. The molecule has 4 heteroatoms. The molecule has 204 valence electrons. The summed E-state index contributed by atoms with van der Waals surface area (Å²) in [6, 6.07) is 32.7. The highest BCUT2D eigenvalue weighted by atomic mass is 16.1. The molecular formula is C38H31N3O. The third-order valence-electron chi connectivity index (χ3n) is 8.47. The van der Waals surface area contributed by atoms with Crippen LogP contribution in [-0.2, 0) is 5.41 Å². The minimum absolute atomic E-state index is 0.119. The van der Waals surface area contributed by atoms with Crippen LogP contribution in [0.25, 0.3) is 45.3 Å². The zero-order valence-electron chi connectivity index (χ0n) is 24.0. The Bertz CT molecular complexity index is 1840. The molecule has 0 amide bonds. The second kappa shape index (κ2) is 10.1. The van der Waals surface area contributed by atoms with Crippen molar-refractivity contribution in [2.45, 2.75) is 32.6 Å². The fourth-order valence-electron chi connectivity index (χ4n) is 6.15. The summed E-state index contributed by atoms with van der Waals surface area (Å²) in [5.41, 5.74) is 8.91. The van der Waals surface area contributed by atoms with Gasteiger partial charge in [0.2, 0.25) is 0 Å². The third-order valence-corrected chi connectivity index (χ3v) is 8.47. The van der Waals surface area contributed by atoms with Crippen LogP contribution in [0.5, 0.6) is 0 Å². The van der Waals surface area contributed by atoms with E-state index in [1.54, 1.807) is 0 Å². The molecule has 2 aliphatic carbocycles. The van der Waals surface area contributed by atoms with Crippen molar-refractivity contribution in [3.8, 4) is 45.3 Å². The Morgan fingerprint density at radius 3 is 1.83 bits per heavy atom. The van der Waals surface area contributed by atoms with Gasteiger partial charge in [-0.25, -0.2) is 15.0 Å². The number of Topliss-reactive ketones (excluding diaryl/α,β-unsaturated/α-hetero) is 1. The summed E-state index contributed by atoms with van der Waals surface area (Å²) in [5.74, 6) is 2.43. The molecular weight excluding hydrogens is 514 g/mol. The first kappa shape index (κ1) is 26.0. The normalized spacial score (nSPS) is 16.5. The Hall–Kier alpha value is -4.96. The molecule has 0 spiro atoms. The van der Waals surface area contributed by atoms with Gasteiger partial charge in [0.1, 0.15) is 0 Å². The SMILES string of the molecule is CC1C=CC=C(C(=O)c2ccc3c(c2)C(C)(C)c2cc(-c4nc(-c5ccccc5)nc(-c5ccccc5)n4)ccc2-3)C1. The molecule has 2 aliphatic rings. The number of rotatable bonds is 5. The van der Waals surface area contributed by atoms with Crippen molar-refractivity contribution in [3.63, 3.8) is 0 Å². The molecule has 1 aromatic heterocycles. The maximum absolute atomic E-state index is 13.4. The lowest BCUT2D eigenvalue weighted by molar-refractivity contribution is 0.102. The van der Waals surface area contributed by atoms with Gasteiger partial charge in [0.15, 0.2) is 23.3 Å². The zero-order valence-corrected chi connectivity index (χ0v) is 24.0. The van der Waals surface area contributed by atoms with Gasteiger partial charge in [-0.15, -0.1) is 0 Å². The van der Waals surface area contributed by atoms with Crippen LogP contribution in [0.4, 0.5) is 0 Å². The summed E-state index contributed by atoms with van der Waals surface area (Å²) in [7, 11) is 0. The van der Waals surface area contributed by atoms with Gasteiger partial charge in [0, 0.05) is 33.2 Å². The summed E-state index contributed by atoms with van der Waals surface area (Å²) < 4.78 is 0. The van der Waals surface area contributed by atoms with Crippen molar-refractivity contribution in [3.05, 3.63) is 138 Å². The van der Waals surface area contributed by atoms with Crippen LogP contribution >= 0.6 is 0 Å². The predicted octanol–water partition coefficient (Wildman–Crippen LogP) is 8.88. The maximum atomic E-state index is 13.4. The van der Waals surface area contributed by atoms with Gasteiger partial charge in [-0.2, -0.15) is 0 Å². The van der Waals surface area contributed by atoms with E-state index < -0.39 is 0 Å². The van der Waals surface area contributed by atoms with Crippen molar-refractivity contribution in [2.24, 2.45) is 5.92 Å². The highest BCUT2D eigenvalue weighted by Crippen LogP contribution is 2.50. The Kier molecular flexibility index (Phi) is 6.27. The predicted molar refractivity (Wildman–Crippen MR) is 169 cm³/mol. The zero-order chi connectivity index (χ0) is 28.8. The number of allylic oxidation sites excluding steroid dienone is 4. The van der Waals surface area contributed by atoms with Crippen LogP contribution in [0.15, 0.2) is 121 Å². The summed E-state index contributed by atoms with van der Waals surface area (Å²) in [6.07, 6.45) is 6.89. The Balaban J connectivity index is 1.30. The smallest absolute Gasteiger partial charge is 0.189 e. The molecule has 0 N–H and O–H groups in total. The number of ketones is 1. The van der Waals surface area contributed by atoms with Crippen molar-refractivity contribution < 1.29 is 4.79 Å². The number of carbonyl (C=O) groups excluding carboxylic acids is 1. The fraction of sp³-hybridized carbons (Fsp3) is 0.158. The van der Waals surface area contributed by atoms with E-state index in [1.165, 1.54) is 22.3 Å². The summed E-state index contributed by atoms with van der Waals surface area (Å²) in [5, 5.41) is 0. The van der Waals surface area contributed by atoms with Gasteiger partial charge in [0.25, 0.3) is 0 Å². The first-order chi connectivity index (χ1) is 20.4. The summed E-state index contributed by atoms with van der Waals surface area (Å²) in [4.78, 5) is 28.2. The van der Waals surface area contributed by atoms with E-state index in [-0.39, 0.29) is 11.2 Å². The van der Waals surface area contributed by atoms with Crippen LogP contribution in [0.2, 0.25) is 0 Å². The van der Waals surface area contributed by atoms with E-state index in [1.807, 2.05) is 78.9 Å². The van der Waals surface area contributed by atoms with Crippen LogP contribution in [0.3, 0.4) is 0 Å². The van der Waals surface area contributed by atoms with Gasteiger partial charge >= 0.3 is 0 Å². The van der Waals surface area contributed by atoms with Crippen molar-refractivity contribution in [2.75, 3.05) is 0 Å². The van der Waals surface area contributed by atoms with E-state index in [9.17, 15) is 4.79 Å². The molecule has 1 unspecified atom stereocenters. The monoisotopic (exact) mass is 545 g/mol. The molecule has 0 saturated carbocycles. The molecule has 0 saturated heterocycles. The lowest BCUT2D eigenvalue weighted by atomic mass is 9.80. The number of nitrogens with zero attached hydrogens (tertiary/aromatic N) is 3. The average Bonchev–Trinajstić information content (AvgIpc) is 3.26. The number of carbonyl (C=O) groups is 1.